The minimum atomic E-state index is 0.663. The van der Waals surface area contributed by atoms with Gasteiger partial charge < -0.3 is 24.4 Å². The van der Waals surface area contributed by atoms with Gasteiger partial charge in [-0.3, -0.25) is 0 Å². The number of guanidine groups is 1. The van der Waals surface area contributed by atoms with E-state index in [0.29, 0.717) is 6.54 Å². The van der Waals surface area contributed by atoms with E-state index in [0.717, 1.165) is 51.0 Å². The van der Waals surface area contributed by atoms with E-state index in [1.54, 1.807) is 7.11 Å². The number of imidazole rings is 1. The monoisotopic (exact) mass is 432 g/mol. The molecule has 4 rings (SSSR count). The van der Waals surface area contributed by atoms with Gasteiger partial charge in [0.2, 0.25) is 0 Å². The molecule has 1 aromatic heterocycles. The van der Waals surface area contributed by atoms with Crippen molar-refractivity contribution in [1.82, 2.24) is 19.8 Å². The van der Waals surface area contributed by atoms with Crippen LogP contribution >= 0.6 is 0 Å². The van der Waals surface area contributed by atoms with Gasteiger partial charge in [-0.2, -0.15) is 0 Å². The van der Waals surface area contributed by atoms with Crippen molar-refractivity contribution in [2.45, 2.75) is 20.0 Å². The van der Waals surface area contributed by atoms with Gasteiger partial charge in [0.25, 0.3) is 0 Å². The summed E-state index contributed by atoms with van der Waals surface area (Å²) in [5.41, 5.74) is 3.68. The molecule has 1 fully saturated rings. The predicted octanol–water partition coefficient (Wildman–Crippen LogP) is 3.23. The van der Waals surface area contributed by atoms with E-state index in [1.807, 2.05) is 30.9 Å². The molecular weight excluding hydrogens is 400 g/mol. The minimum Gasteiger partial charge on any atom is -0.497 e. The molecule has 0 bridgehead atoms. The molecule has 7 heteroatoms. The van der Waals surface area contributed by atoms with Crippen LogP contribution in [0.25, 0.3) is 0 Å². The molecule has 32 heavy (non-hydrogen) atoms. The summed E-state index contributed by atoms with van der Waals surface area (Å²) in [5.74, 6) is 1.88. The molecule has 1 saturated heterocycles. The van der Waals surface area contributed by atoms with Gasteiger partial charge in [-0.1, -0.05) is 30.3 Å². The molecule has 2 heterocycles. The standard InChI is InChI=1S/C25H32N6O/c1-3-27-25(28-18-21-6-4-7-22(16-21)19-29-11-10-26-20-29)31-14-12-30(13-15-31)23-8-5-9-24(17-23)32-2/h4-11,16-17,20H,3,12-15,18-19H2,1-2H3,(H,27,28). The van der Waals surface area contributed by atoms with Gasteiger partial charge in [0.1, 0.15) is 5.75 Å². The van der Waals surface area contributed by atoms with Gasteiger partial charge in [-0.15, -0.1) is 0 Å². The third-order valence-corrected chi connectivity index (χ3v) is 5.66. The number of benzene rings is 2. The number of nitrogens with one attached hydrogen (secondary N) is 1. The van der Waals surface area contributed by atoms with E-state index in [4.69, 9.17) is 9.73 Å². The topological polar surface area (TPSA) is 57.9 Å². The Hall–Kier alpha value is -3.48. The molecule has 0 spiro atoms. The molecule has 1 aliphatic heterocycles. The third-order valence-electron chi connectivity index (χ3n) is 5.66. The zero-order valence-corrected chi connectivity index (χ0v) is 18.9. The molecular formula is C25H32N6O. The molecule has 3 aromatic rings. The lowest BCUT2D eigenvalue weighted by Gasteiger charge is -2.37. The van der Waals surface area contributed by atoms with Crippen LogP contribution in [-0.2, 0) is 13.1 Å². The number of ether oxygens (including phenoxy) is 1. The first-order valence-corrected chi connectivity index (χ1v) is 11.2. The number of anilines is 1. The Labute approximate surface area is 190 Å². The van der Waals surface area contributed by atoms with Gasteiger partial charge in [-0.05, 0) is 30.2 Å². The molecule has 0 radical (unpaired) electrons. The molecule has 0 saturated carbocycles. The molecule has 168 valence electrons. The summed E-state index contributed by atoms with van der Waals surface area (Å²) in [6, 6.07) is 16.9. The molecule has 2 aromatic carbocycles. The molecule has 0 unspecified atom stereocenters. The number of piperazine rings is 1. The van der Waals surface area contributed by atoms with E-state index in [2.05, 4.69) is 68.0 Å². The number of methoxy groups -OCH3 is 1. The van der Waals surface area contributed by atoms with Crippen LogP contribution in [0, 0.1) is 0 Å². The lowest BCUT2D eigenvalue weighted by molar-refractivity contribution is 0.372. The summed E-state index contributed by atoms with van der Waals surface area (Å²) in [6.45, 7) is 8.24. The van der Waals surface area contributed by atoms with E-state index in [1.165, 1.54) is 16.8 Å². The lowest BCUT2D eigenvalue weighted by Crippen LogP contribution is -2.52. The normalized spacial score (nSPS) is 14.5. The fraction of sp³-hybridized carbons (Fsp3) is 0.360. The number of nitrogens with zero attached hydrogens (tertiary/aromatic N) is 5. The van der Waals surface area contributed by atoms with Crippen molar-refractivity contribution in [3.05, 3.63) is 78.4 Å². The fourth-order valence-electron chi connectivity index (χ4n) is 3.99. The molecule has 7 nitrogen and oxygen atoms in total. The summed E-state index contributed by atoms with van der Waals surface area (Å²) in [4.78, 5) is 13.8. The maximum absolute atomic E-state index is 5.38. The Bertz CT molecular complexity index is 1010. The first-order valence-electron chi connectivity index (χ1n) is 11.2. The maximum atomic E-state index is 5.38. The van der Waals surface area contributed by atoms with Gasteiger partial charge in [0, 0.05) is 63.4 Å². The zero-order valence-electron chi connectivity index (χ0n) is 18.9. The first-order chi connectivity index (χ1) is 15.7. The predicted molar refractivity (Wildman–Crippen MR) is 129 cm³/mol. The van der Waals surface area contributed by atoms with Crippen molar-refractivity contribution < 1.29 is 4.74 Å². The van der Waals surface area contributed by atoms with E-state index in [-0.39, 0.29) is 0 Å². The second kappa shape index (κ2) is 10.7. The van der Waals surface area contributed by atoms with Crippen LogP contribution in [-0.4, -0.2) is 60.2 Å². The van der Waals surface area contributed by atoms with E-state index in [9.17, 15) is 0 Å². The highest BCUT2D eigenvalue weighted by atomic mass is 16.5. The third kappa shape index (κ3) is 5.60. The number of aliphatic imine (C=N–C) groups is 1. The van der Waals surface area contributed by atoms with Crippen LogP contribution < -0.4 is 15.0 Å². The van der Waals surface area contributed by atoms with E-state index >= 15 is 0 Å². The summed E-state index contributed by atoms with van der Waals surface area (Å²) in [5, 5.41) is 3.47. The summed E-state index contributed by atoms with van der Waals surface area (Å²) < 4.78 is 7.46. The van der Waals surface area contributed by atoms with Crippen LogP contribution in [0.5, 0.6) is 5.75 Å². The average Bonchev–Trinajstić information content (AvgIpc) is 3.35. The number of aromatic nitrogens is 2. The van der Waals surface area contributed by atoms with Crippen molar-refractivity contribution in [2.24, 2.45) is 4.99 Å². The van der Waals surface area contributed by atoms with Crippen molar-refractivity contribution in [2.75, 3.05) is 44.7 Å². The highest BCUT2D eigenvalue weighted by Gasteiger charge is 2.20. The Morgan fingerprint density at radius 3 is 2.62 bits per heavy atom. The van der Waals surface area contributed by atoms with Crippen molar-refractivity contribution in [3.63, 3.8) is 0 Å². The number of rotatable bonds is 7. The second-order valence-corrected chi connectivity index (χ2v) is 7.90. The lowest BCUT2D eigenvalue weighted by atomic mass is 10.1. The summed E-state index contributed by atoms with van der Waals surface area (Å²) in [6.07, 6.45) is 5.64. The Morgan fingerprint density at radius 2 is 1.88 bits per heavy atom. The smallest absolute Gasteiger partial charge is 0.194 e. The number of hydrogen-bond acceptors (Lipinski definition) is 4. The average molecular weight is 433 g/mol. The van der Waals surface area contributed by atoms with Crippen LogP contribution in [0.1, 0.15) is 18.1 Å². The SMILES string of the molecule is CCNC(=NCc1cccc(Cn2ccnc2)c1)N1CCN(c2cccc(OC)c2)CC1. The Morgan fingerprint density at radius 1 is 1.06 bits per heavy atom. The van der Waals surface area contributed by atoms with Gasteiger partial charge >= 0.3 is 0 Å². The second-order valence-electron chi connectivity index (χ2n) is 7.90. The largest absolute Gasteiger partial charge is 0.497 e. The molecule has 0 atom stereocenters. The van der Waals surface area contributed by atoms with E-state index < -0.39 is 0 Å². The molecule has 0 aliphatic carbocycles. The van der Waals surface area contributed by atoms with Crippen LogP contribution in [0.15, 0.2) is 72.2 Å². The highest BCUT2D eigenvalue weighted by Crippen LogP contribution is 2.22. The zero-order chi connectivity index (χ0) is 22.2. The van der Waals surface area contributed by atoms with Crippen molar-refractivity contribution in [3.8, 4) is 5.75 Å². The van der Waals surface area contributed by atoms with Crippen molar-refractivity contribution in [1.29, 1.82) is 0 Å². The van der Waals surface area contributed by atoms with Gasteiger partial charge in [0.15, 0.2) is 5.96 Å². The highest BCUT2D eigenvalue weighted by molar-refractivity contribution is 5.80. The fourth-order valence-corrected chi connectivity index (χ4v) is 3.99. The molecule has 1 aliphatic rings. The Balaban J connectivity index is 1.38. The summed E-state index contributed by atoms with van der Waals surface area (Å²) >= 11 is 0. The van der Waals surface area contributed by atoms with Crippen LogP contribution in [0.4, 0.5) is 5.69 Å². The van der Waals surface area contributed by atoms with Crippen LogP contribution in [0.2, 0.25) is 0 Å². The molecule has 0 amide bonds. The first kappa shape index (κ1) is 21.7. The minimum absolute atomic E-state index is 0.663. The van der Waals surface area contributed by atoms with Crippen LogP contribution in [0.3, 0.4) is 0 Å². The summed E-state index contributed by atoms with van der Waals surface area (Å²) in [7, 11) is 1.71. The Kier molecular flexibility index (Phi) is 7.27. The maximum Gasteiger partial charge on any atom is 0.194 e. The van der Waals surface area contributed by atoms with Gasteiger partial charge in [-0.25, -0.2) is 9.98 Å². The van der Waals surface area contributed by atoms with Gasteiger partial charge in [0.05, 0.1) is 20.0 Å². The van der Waals surface area contributed by atoms with Crippen molar-refractivity contribution >= 4 is 11.6 Å². The number of hydrogen-bond donors (Lipinski definition) is 1. The molecule has 1 N–H and O–H groups in total. The quantitative estimate of drug-likeness (QED) is 0.459.